The Labute approximate surface area is 185 Å². The Balaban J connectivity index is 1.34. The van der Waals surface area contributed by atoms with Gasteiger partial charge < -0.3 is 9.88 Å². The molecular formula is C23H24N6OS. The van der Waals surface area contributed by atoms with E-state index < -0.39 is 0 Å². The minimum Gasteiger partial charge on any atom is -0.340 e. The second-order valence-electron chi connectivity index (χ2n) is 8.01. The molecule has 2 N–H and O–H groups in total. The Morgan fingerprint density at radius 3 is 2.94 bits per heavy atom. The second-order valence-corrected chi connectivity index (χ2v) is 8.39. The topological polar surface area (TPSA) is 82.6 Å². The molecule has 1 amide bonds. The van der Waals surface area contributed by atoms with Crippen LogP contribution in [-0.2, 0) is 11.3 Å². The molecule has 158 valence electrons. The highest BCUT2D eigenvalue weighted by Gasteiger charge is 2.32. The molecule has 0 spiro atoms. The van der Waals surface area contributed by atoms with Crippen molar-refractivity contribution in [1.82, 2.24) is 29.6 Å². The second kappa shape index (κ2) is 8.11. The van der Waals surface area contributed by atoms with Crippen LogP contribution in [0.1, 0.15) is 36.7 Å². The predicted molar refractivity (Wildman–Crippen MR) is 122 cm³/mol. The predicted octanol–water partition coefficient (Wildman–Crippen LogP) is 4.55. The summed E-state index contributed by atoms with van der Waals surface area (Å²) in [7, 11) is 0. The average Bonchev–Trinajstić information content (AvgIpc) is 3.49. The fourth-order valence-electron chi connectivity index (χ4n) is 4.36. The summed E-state index contributed by atoms with van der Waals surface area (Å²) in [5.74, 6) is 1.74. The van der Waals surface area contributed by atoms with Crippen LogP contribution in [-0.4, -0.2) is 42.1 Å². The molecule has 2 aromatic heterocycles. The summed E-state index contributed by atoms with van der Waals surface area (Å²) in [6.45, 7) is 3.28. The normalized spacial score (nSPS) is 16.3. The zero-order valence-corrected chi connectivity index (χ0v) is 18.2. The lowest BCUT2D eigenvalue weighted by Gasteiger charge is -2.23. The number of fused-ring (bicyclic) bond motifs is 1. The number of nitrogens with one attached hydrogen (secondary N) is 2. The fraction of sp³-hybridized carbons (Fsp3) is 0.304. The molecule has 1 unspecified atom stereocenters. The van der Waals surface area contributed by atoms with Gasteiger partial charge in [0.25, 0.3) is 0 Å². The highest BCUT2D eigenvalue weighted by Crippen LogP contribution is 2.32. The molecule has 0 saturated carbocycles. The molecule has 1 aliphatic rings. The number of para-hydroxylation sites is 2. The highest BCUT2D eigenvalue weighted by atomic mass is 32.1. The smallest absolute Gasteiger partial charge is 0.224 e. The summed E-state index contributed by atoms with van der Waals surface area (Å²) in [6.07, 6.45) is 2.27. The fourth-order valence-corrected chi connectivity index (χ4v) is 4.58. The summed E-state index contributed by atoms with van der Waals surface area (Å²) < 4.78 is 2.44. The molecule has 8 heteroatoms. The van der Waals surface area contributed by atoms with Crippen molar-refractivity contribution in [3.63, 3.8) is 0 Å². The van der Waals surface area contributed by atoms with Gasteiger partial charge in [-0.15, -0.1) is 0 Å². The van der Waals surface area contributed by atoms with Crippen LogP contribution in [0.15, 0.2) is 48.5 Å². The van der Waals surface area contributed by atoms with Crippen molar-refractivity contribution in [3.8, 4) is 11.4 Å². The molecule has 5 rings (SSSR count). The molecule has 1 aliphatic heterocycles. The van der Waals surface area contributed by atoms with E-state index in [1.54, 1.807) is 0 Å². The van der Waals surface area contributed by atoms with E-state index in [2.05, 4.69) is 21.2 Å². The van der Waals surface area contributed by atoms with Gasteiger partial charge >= 0.3 is 0 Å². The Morgan fingerprint density at radius 2 is 2.10 bits per heavy atom. The van der Waals surface area contributed by atoms with Gasteiger partial charge in [-0.1, -0.05) is 35.9 Å². The van der Waals surface area contributed by atoms with Crippen LogP contribution >= 0.6 is 12.2 Å². The number of carbonyl (C=O) groups is 1. The van der Waals surface area contributed by atoms with Crippen LogP contribution in [0.25, 0.3) is 22.4 Å². The van der Waals surface area contributed by atoms with E-state index in [-0.39, 0.29) is 11.9 Å². The molecule has 1 atom stereocenters. The maximum absolute atomic E-state index is 13.2. The van der Waals surface area contributed by atoms with Gasteiger partial charge in [-0.2, -0.15) is 5.10 Å². The maximum Gasteiger partial charge on any atom is 0.224 e. The van der Waals surface area contributed by atoms with Crippen molar-refractivity contribution in [1.29, 1.82) is 0 Å². The van der Waals surface area contributed by atoms with Crippen molar-refractivity contribution < 1.29 is 4.79 Å². The number of carbonyl (C=O) groups excluding carboxylic acids is 1. The van der Waals surface area contributed by atoms with Gasteiger partial charge in [-0.3, -0.25) is 14.5 Å². The van der Waals surface area contributed by atoms with Crippen molar-refractivity contribution in [2.75, 3.05) is 6.54 Å². The number of aryl methyl sites for hydroxylation is 1. The molecule has 0 aliphatic carbocycles. The van der Waals surface area contributed by atoms with E-state index in [0.29, 0.717) is 17.7 Å². The Morgan fingerprint density at radius 1 is 1.23 bits per heavy atom. The highest BCUT2D eigenvalue weighted by molar-refractivity contribution is 7.71. The molecule has 3 heterocycles. The first kappa shape index (κ1) is 19.7. The molecule has 4 aromatic rings. The number of aromatic amines is 2. The number of likely N-dealkylation sites (tertiary alicyclic amines) is 1. The number of hydrogen-bond acceptors (Lipinski definition) is 4. The first-order valence-electron chi connectivity index (χ1n) is 10.6. The minimum absolute atomic E-state index is 0.00605. The number of aromatic nitrogens is 5. The molecule has 7 nitrogen and oxygen atoms in total. The van der Waals surface area contributed by atoms with Gasteiger partial charge in [0.2, 0.25) is 5.91 Å². The van der Waals surface area contributed by atoms with E-state index in [9.17, 15) is 4.79 Å². The zero-order valence-electron chi connectivity index (χ0n) is 17.3. The van der Waals surface area contributed by atoms with Crippen LogP contribution in [0.4, 0.5) is 0 Å². The van der Waals surface area contributed by atoms with E-state index >= 15 is 0 Å². The number of hydrogen-bond donors (Lipinski definition) is 2. The van der Waals surface area contributed by atoms with Gasteiger partial charge in [0.15, 0.2) is 10.6 Å². The standard InChI is InChI=1S/C23H24N6OS/c1-15-6-4-7-16(14-15)22-26-27-23(31)29(22)13-11-20(30)28-12-5-10-19(28)21-24-17-8-2-3-9-18(17)25-21/h2-4,6-9,14,19H,5,10-13H2,1H3,(H,24,25)(H,27,31). The summed E-state index contributed by atoms with van der Waals surface area (Å²) in [6, 6.07) is 16.1. The van der Waals surface area contributed by atoms with E-state index in [1.165, 1.54) is 0 Å². The van der Waals surface area contributed by atoms with Crippen LogP contribution in [0.5, 0.6) is 0 Å². The van der Waals surface area contributed by atoms with Crippen molar-refractivity contribution >= 4 is 29.2 Å². The monoisotopic (exact) mass is 432 g/mol. The third-order valence-electron chi connectivity index (χ3n) is 5.88. The lowest BCUT2D eigenvalue weighted by Crippen LogP contribution is -2.31. The largest absolute Gasteiger partial charge is 0.340 e. The summed E-state index contributed by atoms with van der Waals surface area (Å²) >= 11 is 5.43. The number of benzene rings is 2. The first-order valence-corrected chi connectivity index (χ1v) is 11.0. The van der Waals surface area contributed by atoms with Gasteiger partial charge in [0.05, 0.1) is 17.1 Å². The number of amides is 1. The van der Waals surface area contributed by atoms with E-state index in [1.807, 2.05) is 58.9 Å². The SMILES string of the molecule is Cc1cccc(-c2n[nH]c(=S)n2CCC(=O)N2CCCC2c2nc3ccccc3[nH]2)c1. The van der Waals surface area contributed by atoms with Gasteiger partial charge in [0.1, 0.15) is 5.82 Å². The van der Waals surface area contributed by atoms with Gasteiger partial charge in [-0.05, 0) is 50.2 Å². The molecular weight excluding hydrogens is 408 g/mol. The molecule has 2 aromatic carbocycles. The third-order valence-corrected chi connectivity index (χ3v) is 6.19. The Hall–Kier alpha value is -3.26. The third kappa shape index (κ3) is 3.79. The quantitative estimate of drug-likeness (QED) is 0.454. The molecule has 1 saturated heterocycles. The van der Waals surface area contributed by atoms with Crippen molar-refractivity contribution in [3.05, 3.63) is 64.7 Å². The maximum atomic E-state index is 13.2. The molecule has 0 radical (unpaired) electrons. The lowest BCUT2D eigenvalue weighted by atomic mass is 10.1. The molecule has 0 bridgehead atoms. The number of H-pyrrole nitrogens is 2. The van der Waals surface area contributed by atoms with E-state index in [4.69, 9.17) is 17.2 Å². The van der Waals surface area contributed by atoms with Crippen LogP contribution < -0.4 is 0 Å². The van der Waals surface area contributed by atoms with Gasteiger partial charge in [-0.25, -0.2) is 4.98 Å². The molecule has 1 fully saturated rings. The summed E-state index contributed by atoms with van der Waals surface area (Å²) in [4.78, 5) is 23.2. The van der Waals surface area contributed by atoms with Crippen LogP contribution in [0.2, 0.25) is 0 Å². The van der Waals surface area contributed by atoms with Gasteiger partial charge in [0, 0.05) is 25.1 Å². The first-order chi connectivity index (χ1) is 15.1. The van der Waals surface area contributed by atoms with Crippen LogP contribution in [0.3, 0.4) is 0 Å². The summed E-state index contributed by atoms with van der Waals surface area (Å²) in [5.41, 5.74) is 4.08. The number of rotatable bonds is 5. The number of imidazole rings is 1. The lowest BCUT2D eigenvalue weighted by molar-refractivity contribution is -0.132. The minimum atomic E-state index is -0.00605. The summed E-state index contributed by atoms with van der Waals surface area (Å²) in [5, 5.41) is 7.27. The Kier molecular flexibility index (Phi) is 5.15. The van der Waals surface area contributed by atoms with E-state index in [0.717, 1.165) is 53.2 Å². The Bertz CT molecular complexity index is 1270. The van der Waals surface area contributed by atoms with Crippen molar-refractivity contribution in [2.24, 2.45) is 0 Å². The zero-order chi connectivity index (χ0) is 21.4. The average molecular weight is 433 g/mol. The van der Waals surface area contributed by atoms with Crippen LogP contribution in [0, 0.1) is 11.7 Å². The molecule has 31 heavy (non-hydrogen) atoms. The van der Waals surface area contributed by atoms with Crippen molar-refractivity contribution in [2.45, 2.75) is 38.8 Å². The number of nitrogens with zero attached hydrogens (tertiary/aromatic N) is 4.